The van der Waals surface area contributed by atoms with Crippen molar-refractivity contribution < 1.29 is 5.11 Å². The van der Waals surface area contributed by atoms with Gasteiger partial charge in [-0.05, 0) is 45.0 Å². The van der Waals surface area contributed by atoms with Crippen LogP contribution in [-0.4, -0.2) is 55.6 Å². The number of aryl methyl sites for hydroxylation is 1. The first-order valence-corrected chi connectivity index (χ1v) is 9.79. The summed E-state index contributed by atoms with van der Waals surface area (Å²) in [7, 11) is 0. The Morgan fingerprint density at radius 2 is 1.67 bits per heavy atom. The molecule has 27 heavy (non-hydrogen) atoms. The van der Waals surface area contributed by atoms with E-state index in [0.29, 0.717) is 0 Å². The normalized spacial score (nSPS) is 14.8. The standard InChI is InChI=1S/C22H30N4O/c1-4-24(5-2)21-11-8-19(22(27)16-21)17-23-26-14-12-25(13-15-26)20-9-6-18(3)7-10-20/h6-11,16-17,27H,4-5,12-15H2,1-3H3. The number of nitrogens with zero attached hydrogens (tertiary/aromatic N) is 4. The van der Waals surface area contributed by atoms with E-state index < -0.39 is 0 Å². The molecule has 0 bridgehead atoms. The minimum absolute atomic E-state index is 0.279. The Morgan fingerprint density at radius 1 is 1.00 bits per heavy atom. The van der Waals surface area contributed by atoms with Gasteiger partial charge in [-0.15, -0.1) is 0 Å². The van der Waals surface area contributed by atoms with Gasteiger partial charge in [0, 0.05) is 49.2 Å². The highest BCUT2D eigenvalue weighted by Gasteiger charge is 2.15. The fourth-order valence-electron chi connectivity index (χ4n) is 3.40. The van der Waals surface area contributed by atoms with Crippen molar-refractivity contribution in [3.05, 3.63) is 53.6 Å². The van der Waals surface area contributed by atoms with E-state index in [4.69, 9.17) is 0 Å². The Labute approximate surface area is 162 Å². The minimum atomic E-state index is 0.279. The van der Waals surface area contributed by atoms with Crippen LogP contribution in [0.3, 0.4) is 0 Å². The predicted octanol–water partition coefficient (Wildman–Crippen LogP) is 3.70. The number of phenols is 1. The lowest BCUT2D eigenvalue weighted by atomic mass is 10.2. The molecule has 0 radical (unpaired) electrons. The summed E-state index contributed by atoms with van der Waals surface area (Å²) in [6.45, 7) is 11.9. The fourth-order valence-corrected chi connectivity index (χ4v) is 3.40. The lowest BCUT2D eigenvalue weighted by Gasteiger charge is -2.34. The quantitative estimate of drug-likeness (QED) is 0.792. The number of phenolic OH excluding ortho intramolecular Hbond substituents is 1. The highest BCUT2D eigenvalue weighted by Crippen LogP contribution is 2.24. The number of rotatable bonds is 6. The van der Waals surface area contributed by atoms with E-state index in [1.165, 1.54) is 11.3 Å². The van der Waals surface area contributed by atoms with Crippen LogP contribution in [-0.2, 0) is 0 Å². The van der Waals surface area contributed by atoms with Crippen molar-refractivity contribution >= 4 is 17.6 Å². The molecule has 0 saturated carbocycles. The van der Waals surface area contributed by atoms with Crippen molar-refractivity contribution in [2.24, 2.45) is 5.10 Å². The highest BCUT2D eigenvalue weighted by molar-refractivity contribution is 5.84. The molecule has 1 aliphatic rings. The van der Waals surface area contributed by atoms with Crippen molar-refractivity contribution in [1.29, 1.82) is 0 Å². The number of hydrogen-bond acceptors (Lipinski definition) is 5. The van der Waals surface area contributed by atoms with E-state index in [-0.39, 0.29) is 5.75 Å². The minimum Gasteiger partial charge on any atom is -0.507 e. The molecule has 0 aromatic heterocycles. The molecule has 2 aromatic rings. The summed E-state index contributed by atoms with van der Waals surface area (Å²) in [5.41, 5.74) is 4.36. The Balaban J connectivity index is 1.58. The van der Waals surface area contributed by atoms with Crippen LogP contribution in [0.15, 0.2) is 47.6 Å². The largest absolute Gasteiger partial charge is 0.507 e. The van der Waals surface area contributed by atoms with Crippen LogP contribution in [0.1, 0.15) is 25.0 Å². The van der Waals surface area contributed by atoms with Gasteiger partial charge in [-0.3, -0.25) is 5.01 Å². The van der Waals surface area contributed by atoms with E-state index >= 15 is 0 Å². The lowest BCUT2D eigenvalue weighted by Crippen LogP contribution is -2.44. The van der Waals surface area contributed by atoms with Gasteiger partial charge >= 0.3 is 0 Å². The van der Waals surface area contributed by atoms with Gasteiger partial charge in [0.25, 0.3) is 0 Å². The Kier molecular flexibility index (Phi) is 6.22. The summed E-state index contributed by atoms with van der Waals surface area (Å²) in [5.74, 6) is 0.279. The fraction of sp³-hybridized carbons (Fsp3) is 0.409. The molecule has 1 fully saturated rings. The van der Waals surface area contributed by atoms with E-state index in [0.717, 1.165) is 50.5 Å². The summed E-state index contributed by atoms with van der Waals surface area (Å²) in [6.07, 6.45) is 1.77. The van der Waals surface area contributed by atoms with Gasteiger partial charge in [0.15, 0.2) is 0 Å². The number of benzene rings is 2. The molecule has 5 heteroatoms. The molecule has 0 amide bonds. The van der Waals surface area contributed by atoms with Crippen LogP contribution in [0.4, 0.5) is 11.4 Å². The zero-order valence-corrected chi connectivity index (χ0v) is 16.6. The Morgan fingerprint density at radius 3 is 2.26 bits per heavy atom. The average Bonchev–Trinajstić information content (AvgIpc) is 2.69. The number of anilines is 2. The third-order valence-electron chi connectivity index (χ3n) is 5.16. The van der Waals surface area contributed by atoms with Gasteiger partial charge < -0.3 is 14.9 Å². The molecular weight excluding hydrogens is 336 g/mol. The lowest BCUT2D eigenvalue weighted by molar-refractivity contribution is 0.272. The average molecular weight is 367 g/mol. The SMILES string of the molecule is CCN(CC)c1ccc(C=NN2CCN(c3ccc(C)cc3)CC2)c(O)c1. The van der Waals surface area contributed by atoms with Crippen LogP contribution in [0.2, 0.25) is 0 Å². The van der Waals surface area contributed by atoms with Gasteiger partial charge in [0.05, 0.1) is 19.3 Å². The number of piperazine rings is 1. The second-order valence-corrected chi connectivity index (χ2v) is 6.94. The maximum absolute atomic E-state index is 10.3. The van der Waals surface area contributed by atoms with Crippen molar-refractivity contribution in [2.75, 3.05) is 49.1 Å². The van der Waals surface area contributed by atoms with Crippen LogP contribution in [0, 0.1) is 6.92 Å². The number of hydrazone groups is 1. The van der Waals surface area contributed by atoms with Crippen molar-refractivity contribution in [1.82, 2.24) is 5.01 Å². The molecule has 2 aromatic carbocycles. The molecule has 0 aliphatic carbocycles. The van der Waals surface area contributed by atoms with Gasteiger partial charge in [-0.25, -0.2) is 0 Å². The molecule has 5 nitrogen and oxygen atoms in total. The van der Waals surface area contributed by atoms with Gasteiger partial charge in [-0.1, -0.05) is 17.7 Å². The third-order valence-corrected chi connectivity index (χ3v) is 5.16. The smallest absolute Gasteiger partial charge is 0.126 e. The van der Waals surface area contributed by atoms with E-state index in [2.05, 4.69) is 64.9 Å². The van der Waals surface area contributed by atoms with Crippen molar-refractivity contribution in [3.63, 3.8) is 0 Å². The van der Waals surface area contributed by atoms with E-state index in [1.807, 2.05) is 18.2 Å². The van der Waals surface area contributed by atoms with E-state index in [9.17, 15) is 5.11 Å². The first-order chi connectivity index (χ1) is 13.1. The Hall–Kier alpha value is -2.69. The summed E-state index contributed by atoms with van der Waals surface area (Å²) in [5, 5.41) is 17.0. The molecule has 1 saturated heterocycles. The maximum atomic E-state index is 10.3. The monoisotopic (exact) mass is 366 g/mol. The van der Waals surface area contributed by atoms with Crippen LogP contribution in [0.25, 0.3) is 0 Å². The van der Waals surface area contributed by atoms with Crippen LogP contribution in [0.5, 0.6) is 5.75 Å². The molecule has 0 unspecified atom stereocenters. The summed E-state index contributed by atoms with van der Waals surface area (Å²) in [4.78, 5) is 4.60. The van der Waals surface area contributed by atoms with Gasteiger partial charge in [-0.2, -0.15) is 5.10 Å². The maximum Gasteiger partial charge on any atom is 0.126 e. The second kappa shape index (κ2) is 8.80. The second-order valence-electron chi connectivity index (χ2n) is 6.94. The topological polar surface area (TPSA) is 42.3 Å². The molecule has 1 N–H and O–H groups in total. The summed E-state index contributed by atoms with van der Waals surface area (Å²) < 4.78 is 0. The van der Waals surface area contributed by atoms with Gasteiger partial charge in [0.1, 0.15) is 5.75 Å². The molecule has 144 valence electrons. The molecular formula is C22H30N4O. The van der Waals surface area contributed by atoms with Crippen molar-refractivity contribution in [3.8, 4) is 5.75 Å². The molecule has 1 heterocycles. The molecule has 1 aliphatic heterocycles. The number of hydrogen-bond donors (Lipinski definition) is 1. The predicted molar refractivity (Wildman–Crippen MR) is 114 cm³/mol. The van der Waals surface area contributed by atoms with Crippen molar-refractivity contribution in [2.45, 2.75) is 20.8 Å². The van der Waals surface area contributed by atoms with Gasteiger partial charge in [0.2, 0.25) is 0 Å². The molecule has 0 spiro atoms. The first kappa shape index (κ1) is 19.1. The summed E-state index contributed by atoms with van der Waals surface area (Å²) >= 11 is 0. The molecule has 0 atom stereocenters. The van der Waals surface area contributed by atoms with Crippen LogP contribution < -0.4 is 9.80 Å². The zero-order valence-electron chi connectivity index (χ0n) is 16.6. The summed E-state index contributed by atoms with van der Waals surface area (Å²) in [6, 6.07) is 14.5. The zero-order chi connectivity index (χ0) is 19.2. The third kappa shape index (κ3) is 4.73. The molecule has 3 rings (SSSR count). The number of aromatic hydroxyl groups is 1. The highest BCUT2D eigenvalue weighted by atomic mass is 16.3. The Bertz CT molecular complexity index is 760. The first-order valence-electron chi connectivity index (χ1n) is 9.79. The van der Waals surface area contributed by atoms with E-state index in [1.54, 1.807) is 6.21 Å². The van der Waals surface area contributed by atoms with Crippen LogP contribution >= 0.6 is 0 Å².